The van der Waals surface area contributed by atoms with Crippen LogP contribution in [0.1, 0.15) is 36.3 Å². The van der Waals surface area contributed by atoms with Crippen LogP contribution >= 0.6 is 0 Å². The third-order valence-electron chi connectivity index (χ3n) is 9.39. The van der Waals surface area contributed by atoms with Gasteiger partial charge < -0.3 is 14.6 Å². The van der Waals surface area contributed by atoms with Gasteiger partial charge in [0.15, 0.2) is 5.82 Å². The summed E-state index contributed by atoms with van der Waals surface area (Å²) in [6.07, 6.45) is 6.19. The maximum Gasteiger partial charge on any atom is 0.328 e. The standard InChI is InChI=1S/C34H32FN7O3/c1-39-18-36-17-30(39)33-38-27-15-23(20-4-6-26-21(12-20)5-7-31(43)37-26)25(35)16-28(27)42(33)22-13-24(19-8-10-45-11-9-19)32-29(14-22)40(2)34(44)41(32)3/h4,6,12-19H,5,7-11H2,1-3H3,(H,37,43). The van der Waals surface area contributed by atoms with E-state index in [0.29, 0.717) is 48.5 Å². The Kier molecular flexibility index (Phi) is 6.28. The van der Waals surface area contributed by atoms with Gasteiger partial charge in [-0.05, 0) is 72.2 Å². The number of fused-ring (bicyclic) bond motifs is 3. The number of anilines is 1. The van der Waals surface area contributed by atoms with E-state index < -0.39 is 0 Å². The van der Waals surface area contributed by atoms with Gasteiger partial charge in [0, 0.05) is 58.1 Å². The van der Waals surface area contributed by atoms with Crippen molar-refractivity contribution in [1.29, 1.82) is 0 Å². The lowest BCUT2D eigenvalue weighted by atomic mass is 9.90. The zero-order valence-corrected chi connectivity index (χ0v) is 25.3. The molecule has 2 aliphatic heterocycles. The zero-order chi connectivity index (χ0) is 31.0. The van der Waals surface area contributed by atoms with Crippen molar-refractivity contribution >= 4 is 33.7 Å². The van der Waals surface area contributed by atoms with Crippen LogP contribution in [-0.4, -0.2) is 47.4 Å². The average Bonchev–Trinajstić information content (AvgIpc) is 3.70. The van der Waals surface area contributed by atoms with Crippen molar-refractivity contribution in [3.8, 4) is 28.3 Å². The topological polar surface area (TPSA) is 101 Å². The Morgan fingerprint density at radius 3 is 2.56 bits per heavy atom. The molecule has 8 rings (SSSR count). The van der Waals surface area contributed by atoms with Crippen LogP contribution in [0.2, 0.25) is 0 Å². The molecule has 0 saturated carbocycles. The summed E-state index contributed by atoms with van der Waals surface area (Å²) in [5.41, 5.74) is 8.39. The lowest BCUT2D eigenvalue weighted by Crippen LogP contribution is -2.20. The SMILES string of the molecule is Cn1cncc1-c1nc2cc(-c3ccc4c(c3)CCC(=O)N4)c(F)cc2n1-c1cc(C2CCOCC2)c2c(c1)n(C)c(=O)n2C. The first-order valence-electron chi connectivity index (χ1n) is 15.2. The quantitative estimate of drug-likeness (QED) is 0.298. The molecule has 1 saturated heterocycles. The molecule has 0 atom stereocenters. The lowest BCUT2D eigenvalue weighted by Gasteiger charge is -2.24. The molecule has 228 valence electrons. The minimum absolute atomic E-state index is 0.00942. The van der Waals surface area contributed by atoms with Crippen LogP contribution in [0.25, 0.3) is 50.4 Å². The van der Waals surface area contributed by atoms with E-state index in [1.54, 1.807) is 40.8 Å². The molecule has 5 heterocycles. The highest BCUT2D eigenvalue weighted by molar-refractivity contribution is 5.95. The smallest absolute Gasteiger partial charge is 0.328 e. The van der Waals surface area contributed by atoms with E-state index in [1.165, 1.54) is 0 Å². The van der Waals surface area contributed by atoms with Crippen molar-refractivity contribution < 1.29 is 13.9 Å². The van der Waals surface area contributed by atoms with E-state index in [1.807, 2.05) is 47.5 Å². The lowest BCUT2D eigenvalue weighted by molar-refractivity contribution is -0.116. The number of hydrogen-bond acceptors (Lipinski definition) is 5. The summed E-state index contributed by atoms with van der Waals surface area (Å²) in [5, 5.41) is 2.90. The number of rotatable bonds is 4. The number of nitrogens with zero attached hydrogens (tertiary/aromatic N) is 6. The molecule has 0 radical (unpaired) electrons. The Morgan fingerprint density at radius 2 is 1.78 bits per heavy atom. The Balaban J connectivity index is 1.37. The maximum atomic E-state index is 16.2. The molecule has 3 aromatic heterocycles. The molecule has 3 aromatic carbocycles. The van der Waals surface area contributed by atoms with Crippen LogP contribution in [0.4, 0.5) is 10.1 Å². The number of nitrogens with one attached hydrogen (secondary N) is 1. The number of benzene rings is 3. The number of carbonyl (C=O) groups excluding carboxylic acids is 1. The third kappa shape index (κ3) is 4.33. The van der Waals surface area contributed by atoms with Crippen molar-refractivity contribution in [3.05, 3.63) is 82.4 Å². The molecule has 1 N–H and O–H groups in total. The first-order valence-corrected chi connectivity index (χ1v) is 15.2. The molecule has 0 bridgehead atoms. The number of aromatic nitrogens is 6. The molecule has 45 heavy (non-hydrogen) atoms. The van der Waals surface area contributed by atoms with Crippen molar-refractivity contribution in [2.45, 2.75) is 31.6 Å². The van der Waals surface area contributed by atoms with E-state index in [2.05, 4.69) is 16.4 Å². The molecule has 1 fully saturated rings. The molecule has 10 nitrogen and oxygen atoms in total. The molecule has 0 unspecified atom stereocenters. The fourth-order valence-corrected chi connectivity index (χ4v) is 7.00. The minimum Gasteiger partial charge on any atom is -0.381 e. The number of ether oxygens (including phenoxy) is 1. The van der Waals surface area contributed by atoms with Crippen molar-refractivity contribution in [2.24, 2.45) is 21.1 Å². The number of amides is 1. The summed E-state index contributed by atoms with van der Waals surface area (Å²) in [6.45, 7) is 1.32. The van der Waals surface area contributed by atoms with Crippen LogP contribution in [-0.2, 0) is 37.1 Å². The molecule has 1 amide bonds. The highest BCUT2D eigenvalue weighted by atomic mass is 19.1. The second-order valence-corrected chi connectivity index (χ2v) is 12.1. The molecular formula is C34H32FN7O3. The average molecular weight is 606 g/mol. The number of carbonyl (C=O) groups is 1. The minimum atomic E-state index is -0.377. The van der Waals surface area contributed by atoms with Gasteiger partial charge in [0.05, 0.1) is 40.3 Å². The largest absolute Gasteiger partial charge is 0.381 e. The van der Waals surface area contributed by atoms with Crippen LogP contribution in [0, 0.1) is 5.82 Å². The van der Waals surface area contributed by atoms with E-state index in [4.69, 9.17) is 9.72 Å². The third-order valence-corrected chi connectivity index (χ3v) is 9.39. The van der Waals surface area contributed by atoms with Gasteiger partial charge in [-0.3, -0.25) is 18.5 Å². The van der Waals surface area contributed by atoms with Crippen molar-refractivity contribution in [3.63, 3.8) is 0 Å². The fraction of sp³-hybridized carbons (Fsp3) is 0.294. The van der Waals surface area contributed by atoms with Gasteiger partial charge >= 0.3 is 5.69 Å². The molecular weight excluding hydrogens is 573 g/mol. The van der Waals surface area contributed by atoms with Crippen molar-refractivity contribution in [1.82, 2.24) is 28.2 Å². The summed E-state index contributed by atoms with van der Waals surface area (Å²) in [6, 6.07) is 13.1. The number of aryl methyl sites for hydroxylation is 4. The monoisotopic (exact) mass is 605 g/mol. The van der Waals surface area contributed by atoms with Gasteiger partial charge in [0.1, 0.15) is 11.5 Å². The highest BCUT2D eigenvalue weighted by Crippen LogP contribution is 2.38. The first kappa shape index (κ1) is 27.5. The van der Waals surface area contributed by atoms with E-state index in [9.17, 15) is 9.59 Å². The highest BCUT2D eigenvalue weighted by Gasteiger charge is 2.26. The van der Waals surface area contributed by atoms with Crippen LogP contribution in [0.15, 0.2) is 59.8 Å². The van der Waals surface area contributed by atoms with E-state index in [0.717, 1.165) is 57.6 Å². The number of halogens is 1. The predicted molar refractivity (Wildman–Crippen MR) is 170 cm³/mol. The Bertz CT molecular complexity index is 2230. The first-order chi connectivity index (χ1) is 21.8. The van der Waals surface area contributed by atoms with E-state index in [-0.39, 0.29) is 23.3 Å². The van der Waals surface area contributed by atoms with Crippen LogP contribution < -0.4 is 11.0 Å². The van der Waals surface area contributed by atoms with Gasteiger partial charge in [-0.15, -0.1) is 0 Å². The summed E-state index contributed by atoms with van der Waals surface area (Å²) in [5.74, 6) is 0.442. The van der Waals surface area contributed by atoms with E-state index >= 15 is 4.39 Å². The normalized spacial score (nSPS) is 15.6. The van der Waals surface area contributed by atoms with Gasteiger partial charge in [-0.2, -0.15) is 0 Å². The van der Waals surface area contributed by atoms with Crippen LogP contribution in [0.3, 0.4) is 0 Å². The molecule has 0 aliphatic carbocycles. The Morgan fingerprint density at radius 1 is 0.956 bits per heavy atom. The summed E-state index contributed by atoms with van der Waals surface area (Å²) >= 11 is 0. The number of imidazole rings is 3. The number of hydrogen-bond donors (Lipinski definition) is 1. The summed E-state index contributed by atoms with van der Waals surface area (Å²) in [4.78, 5) is 34.4. The molecule has 0 spiro atoms. The second-order valence-electron chi connectivity index (χ2n) is 12.1. The van der Waals surface area contributed by atoms with Gasteiger partial charge in [0.25, 0.3) is 0 Å². The van der Waals surface area contributed by atoms with Gasteiger partial charge in [-0.25, -0.2) is 19.2 Å². The van der Waals surface area contributed by atoms with Crippen LogP contribution in [0.5, 0.6) is 0 Å². The predicted octanol–water partition coefficient (Wildman–Crippen LogP) is 5.20. The van der Waals surface area contributed by atoms with Crippen molar-refractivity contribution in [2.75, 3.05) is 18.5 Å². The fourth-order valence-electron chi connectivity index (χ4n) is 7.00. The molecule has 2 aliphatic rings. The van der Waals surface area contributed by atoms with Gasteiger partial charge in [0.2, 0.25) is 5.91 Å². The Hall–Kier alpha value is -5.03. The maximum absolute atomic E-state index is 16.2. The van der Waals surface area contributed by atoms with Gasteiger partial charge in [-0.1, -0.05) is 6.07 Å². The zero-order valence-electron chi connectivity index (χ0n) is 25.3. The Labute approximate surface area is 257 Å². The summed E-state index contributed by atoms with van der Waals surface area (Å²) in [7, 11) is 5.50. The molecule has 11 heteroatoms. The summed E-state index contributed by atoms with van der Waals surface area (Å²) < 4.78 is 29.1. The molecule has 6 aromatic rings. The second kappa shape index (κ2) is 10.3.